The molecule has 1 unspecified atom stereocenters. The van der Waals surface area contributed by atoms with Gasteiger partial charge in [-0.1, -0.05) is 23.7 Å². The predicted octanol–water partition coefficient (Wildman–Crippen LogP) is 2.07. The summed E-state index contributed by atoms with van der Waals surface area (Å²) in [6, 6.07) is 1.48. The van der Waals surface area contributed by atoms with Gasteiger partial charge in [0.05, 0.1) is 10.6 Å². The maximum Gasteiger partial charge on any atom is 0.256 e. The van der Waals surface area contributed by atoms with E-state index in [2.05, 4.69) is 5.16 Å². The lowest BCUT2D eigenvalue weighted by Gasteiger charge is -2.21. The number of carbonyl (C=O) groups excluding carboxylic acids is 1. The van der Waals surface area contributed by atoms with Gasteiger partial charge < -0.3 is 15.8 Å². The Hall–Kier alpha value is -1.89. The molecular formula is C12H14ClF2N3O2. The Labute approximate surface area is 119 Å². The number of nitrogens with two attached hydrogens (primary N) is 1. The first kappa shape index (κ1) is 16.2. The fourth-order valence-corrected chi connectivity index (χ4v) is 1.73. The quantitative estimate of drug-likeness (QED) is 0.294. The number of amidine groups is 1. The summed E-state index contributed by atoms with van der Waals surface area (Å²) >= 11 is 5.41. The molecule has 3 N–H and O–H groups in total. The first-order valence-electron chi connectivity index (χ1n) is 5.65. The Bertz CT molecular complexity index is 552. The summed E-state index contributed by atoms with van der Waals surface area (Å²) in [5.74, 6) is -3.02. The highest BCUT2D eigenvalue weighted by Gasteiger charge is 2.21. The van der Waals surface area contributed by atoms with Crippen molar-refractivity contribution in [3.8, 4) is 0 Å². The van der Waals surface area contributed by atoms with Gasteiger partial charge in [-0.25, -0.2) is 8.78 Å². The van der Waals surface area contributed by atoms with Crippen LogP contribution in [0.2, 0.25) is 5.02 Å². The Balaban J connectivity index is 2.93. The lowest BCUT2D eigenvalue weighted by molar-refractivity contribution is 0.0781. The number of hydrogen-bond acceptors (Lipinski definition) is 3. The molecule has 0 saturated heterocycles. The maximum atomic E-state index is 13.6. The standard InChI is InChI=1S/C12H14ClF2N3O2/c1-6(11(16)17-20)5-18(2)12(19)7-3-10(15)8(13)4-9(7)14/h3-4,6,20H,5H2,1-2H3,(H2,16,17). The summed E-state index contributed by atoms with van der Waals surface area (Å²) in [5, 5.41) is 10.9. The van der Waals surface area contributed by atoms with E-state index in [0.29, 0.717) is 0 Å². The van der Waals surface area contributed by atoms with Crippen LogP contribution in [-0.4, -0.2) is 35.4 Å². The topological polar surface area (TPSA) is 78.9 Å². The second-order valence-corrected chi connectivity index (χ2v) is 4.76. The second kappa shape index (κ2) is 6.51. The van der Waals surface area contributed by atoms with Crippen LogP contribution in [0.5, 0.6) is 0 Å². The minimum atomic E-state index is -0.912. The summed E-state index contributed by atoms with van der Waals surface area (Å²) in [4.78, 5) is 13.2. The van der Waals surface area contributed by atoms with Gasteiger partial charge in [0.15, 0.2) is 0 Å². The molecule has 0 aliphatic carbocycles. The molecule has 0 radical (unpaired) electrons. The molecule has 8 heteroatoms. The lowest BCUT2D eigenvalue weighted by atomic mass is 10.1. The number of rotatable bonds is 4. The van der Waals surface area contributed by atoms with E-state index in [1.54, 1.807) is 6.92 Å². The third kappa shape index (κ3) is 3.57. The minimum Gasteiger partial charge on any atom is -0.409 e. The number of carbonyl (C=O) groups is 1. The van der Waals surface area contributed by atoms with Crippen LogP contribution < -0.4 is 5.73 Å². The number of halogens is 3. The van der Waals surface area contributed by atoms with E-state index < -0.39 is 34.0 Å². The summed E-state index contributed by atoms with van der Waals surface area (Å²) < 4.78 is 26.9. The molecule has 1 aromatic carbocycles. The molecular weight excluding hydrogens is 292 g/mol. The monoisotopic (exact) mass is 305 g/mol. The van der Waals surface area contributed by atoms with Crippen LogP contribution in [0.4, 0.5) is 8.78 Å². The van der Waals surface area contributed by atoms with E-state index in [-0.39, 0.29) is 12.4 Å². The third-order valence-corrected chi connectivity index (χ3v) is 3.04. The van der Waals surface area contributed by atoms with Crippen molar-refractivity contribution < 1.29 is 18.8 Å². The predicted molar refractivity (Wildman–Crippen MR) is 70.9 cm³/mol. The zero-order chi connectivity index (χ0) is 15.4. The van der Waals surface area contributed by atoms with E-state index in [9.17, 15) is 13.6 Å². The SMILES string of the molecule is CC(CN(C)C(=O)c1cc(F)c(Cl)cc1F)/C(N)=N/O. The van der Waals surface area contributed by atoms with Gasteiger partial charge >= 0.3 is 0 Å². The van der Waals surface area contributed by atoms with Gasteiger partial charge in [-0.2, -0.15) is 0 Å². The van der Waals surface area contributed by atoms with Gasteiger partial charge in [0.25, 0.3) is 5.91 Å². The number of hydrogen-bond donors (Lipinski definition) is 2. The highest BCUT2D eigenvalue weighted by atomic mass is 35.5. The van der Waals surface area contributed by atoms with Crippen molar-refractivity contribution in [2.24, 2.45) is 16.8 Å². The normalized spacial score (nSPS) is 13.2. The summed E-state index contributed by atoms with van der Waals surface area (Å²) in [6.07, 6.45) is 0. The zero-order valence-electron chi connectivity index (χ0n) is 10.9. The number of oxime groups is 1. The van der Waals surface area contributed by atoms with Crippen LogP contribution in [0.15, 0.2) is 17.3 Å². The van der Waals surface area contributed by atoms with Crippen molar-refractivity contribution in [1.29, 1.82) is 0 Å². The molecule has 5 nitrogen and oxygen atoms in total. The first-order valence-corrected chi connectivity index (χ1v) is 6.03. The van der Waals surface area contributed by atoms with Crippen molar-refractivity contribution in [2.75, 3.05) is 13.6 Å². The van der Waals surface area contributed by atoms with E-state index in [4.69, 9.17) is 22.5 Å². The maximum absolute atomic E-state index is 13.6. The molecule has 20 heavy (non-hydrogen) atoms. The second-order valence-electron chi connectivity index (χ2n) is 4.36. The minimum absolute atomic E-state index is 0.0626. The molecule has 0 bridgehead atoms. The van der Waals surface area contributed by atoms with E-state index >= 15 is 0 Å². The van der Waals surface area contributed by atoms with Gasteiger partial charge in [0, 0.05) is 19.5 Å². The van der Waals surface area contributed by atoms with Crippen LogP contribution in [0.3, 0.4) is 0 Å². The number of amides is 1. The van der Waals surface area contributed by atoms with E-state index in [1.165, 1.54) is 7.05 Å². The summed E-state index contributed by atoms with van der Waals surface area (Å²) in [7, 11) is 1.40. The van der Waals surface area contributed by atoms with Crippen molar-refractivity contribution in [3.05, 3.63) is 34.4 Å². The molecule has 0 saturated carbocycles. The summed E-state index contributed by atoms with van der Waals surface area (Å²) in [6.45, 7) is 1.70. The van der Waals surface area contributed by atoms with Crippen LogP contribution >= 0.6 is 11.6 Å². The third-order valence-electron chi connectivity index (χ3n) is 2.76. The Morgan fingerprint density at radius 2 is 2.10 bits per heavy atom. The van der Waals surface area contributed by atoms with Crippen molar-refractivity contribution in [2.45, 2.75) is 6.92 Å². The average Bonchev–Trinajstić information content (AvgIpc) is 2.40. The van der Waals surface area contributed by atoms with Gasteiger partial charge in [-0.05, 0) is 12.1 Å². The van der Waals surface area contributed by atoms with Gasteiger partial charge in [0.2, 0.25) is 0 Å². The van der Waals surface area contributed by atoms with Gasteiger partial charge in [-0.15, -0.1) is 0 Å². The molecule has 0 spiro atoms. The number of nitrogens with zero attached hydrogens (tertiary/aromatic N) is 2. The highest BCUT2D eigenvalue weighted by Crippen LogP contribution is 2.20. The molecule has 0 fully saturated rings. The van der Waals surface area contributed by atoms with Gasteiger partial charge in [0.1, 0.15) is 17.5 Å². The van der Waals surface area contributed by atoms with Crippen LogP contribution in [0.1, 0.15) is 17.3 Å². The van der Waals surface area contributed by atoms with E-state index in [0.717, 1.165) is 17.0 Å². The Kier molecular flexibility index (Phi) is 5.26. The highest BCUT2D eigenvalue weighted by molar-refractivity contribution is 6.30. The summed E-state index contributed by atoms with van der Waals surface area (Å²) in [5.41, 5.74) is 4.96. The Morgan fingerprint density at radius 1 is 1.50 bits per heavy atom. The van der Waals surface area contributed by atoms with Crippen molar-refractivity contribution in [3.63, 3.8) is 0 Å². The zero-order valence-corrected chi connectivity index (χ0v) is 11.7. The van der Waals surface area contributed by atoms with Crippen LogP contribution in [-0.2, 0) is 0 Å². The smallest absolute Gasteiger partial charge is 0.256 e. The van der Waals surface area contributed by atoms with Crippen molar-refractivity contribution >= 4 is 23.3 Å². The lowest BCUT2D eigenvalue weighted by Crippen LogP contribution is -2.36. The van der Waals surface area contributed by atoms with Gasteiger partial charge in [-0.3, -0.25) is 4.79 Å². The largest absolute Gasteiger partial charge is 0.409 e. The number of benzene rings is 1. The molecule has 0 aromatic heterocycles. The van der Waals surface area contributed by atoms with Crippen molar-refractivity contribution in [1.82, 2.24) is 4.90 Å². The Morgan fingerprint density at radius 3 is 2.65 bits per heavy atom. The van der Waals surface area contributed by atoms with E-state index in [1.807, 2.05) is 0 Å². The molecule has 110 valence electrons. The van der Waals surface area contributed by atoms with Crippen LogP contribution in [0.25, 0.3) is 0 Å². The molecule has 0 heterocycles. The fraction of sp³-hybridized carbons (Fsp3) is 0.333. The van der Waals surface area contributed by atoms with Crippen LogP contribution in [0, 0.1) is 17.6 Å². The molecule has 0 aliphatic rings. The first-order chi connectivity index (χ1) is 9.27. The fourth-order valence-electron chi connectivity index (χ4n) is 1.58. The molecule has 1 aromatic rings. The molecule has 1 rings (SSSR count). The molecule has 1 atom stereocenters. The average molecular weight is 306 g/mol. The molecule has 1 amide bonds. The molecule has 0 aliphatic heterocycles.